The summed E-state index contributed by atoms with van der Waals surface area (Å²) in [5, 5.41) is 0.779. The smallest absolute Gasteiger partial charge is 0.316 e. The van der Waals surface area contributed by atoms with Crippen molar-refractivity contribution in [3.05, 3.63) is 18.3 Å². The Morgan fingerprint density at radius 1 is 1.56 bits per heavy atom. The van der Waals surface area contributed by atoms with Crippen LogP contribution in [0.5, 0.6) is 0 Å². The second kappa shape index (κ2) is 7.11. The van der Waals surface area contributed by atoms with E-state index in [2.05, 4.69) is 11.9 Å². The fourth-order valence-corrected chi connectivity index (χ4v) is 1.62. The molecule has 0 bridgehead atoms. The SMILES string of the molecule is CCCCOC(=O)CSc1ccc(N)cn1. The molecule has 0 saturated carbocycles. The second-order valence-electron chi connectivity index (χ2n) is 3.29. The number of carbonyl (C=O) groups is 1. The van der Waals surface area contributed by atoms with Crippen molar-refractivity contribution in [1.29, 1.82) is 0 Å². The molecule has 88 valence electrons. The summed E-state index contributed by atoms with van der Waals surface area (Å²) in [6, 6.07) is 3.55. The highest BCUT2D eigenvalue weighted by molar-refractivity contribution is 7.99. The summed E-state index contributed by atoms with van der Waals surface area (Å²) in [5.41, 5.74) is 6.12. The number of aromatic nitrogens is 1. The fourth-order valence-electron chi connectivity index (χ4n) is 0.982. The van der Waals surface area contributed by atoms with Crippen molar-refractivity contribution < 1.29 is 9.53 Å². The van der Waals surface area contributed by atoms with Crippen molar-refractivity contribution in [3.8, 4) is 0 Å². The van der Waals surface area contributed by atoms with Gasteiger partial charge in [-0.3, -0.25) is 4.79 Å². The van der Waals surface area contributed by atoms with Gasteiger partial charge in [0.25, 0.3) is 0 Å². The number of unbranched alkanes of at least 4 members (excludes halogenated alkanes) is 1. The average Bonchev–Trinajstić information content (AvgIpc) is 2.29. The lowest BCUT2D eigenvalue weighted by molar-refractivity contribution is -0.140. The minimum Gasteiger partial charge on any atom is -0.465 e. The Bertz CT molecular complexity index is 327. The van der Waals surface area contributed by atoms with Crippen LogP contribution in [0.3, 0.4) is 0 Å². The predicted octanol–water partition coefficient (Wildman–Crippen LogP) is 2.10. The Hall–Kier alpha value is -1.23. The minimum atomic E-state index is -0.197. The average molecular weight is 240 g/mol. The maximum absolute atomic E-state index is 11.3. The molecule has 0 amide bonds. The molecule has 2 N–H and O–H groups in total. The molecule has 0 aromatic carbocycles. The van der Waals surface area contributed by atoms with Gasteiger partial charge in [-0.2, -0.15) is 0 Å². The van der Waals surface area contributed by atoms with Crippen LogP contribution in [0.15, 0.2) is 23.4 Å². The first-order valence-corrected chi connectivity index (χ1v) is 6.21. The predicted molar refractivity (Wildman–Crippen MR) is 65.2 cm³/mol. The monoisotopic (exact) mass is 240 g/mol. The molecule has 0 aliphatic carbocycles. The molecule has 1 aromatic heterocycles. The van der Waals surface area contributed by atoms with E-state index in [-0.39, 0.29) is 5.97 Å². The van der Waals surface area contributed by atoms with E-state index in [1.807, 2.05) is 0 Å². The van der Waals surface area contributed by atoms with Gasteiger partial charge in [-0.1, -0.05) is 25.1 Å². The van der Waals surface area contributed by atoms with E-state index in [1.54, 1.807) is 18.3 Å². The zero-order chi connectivity index (χ0) is 11.8. The zero-order valence-electron chi connectivity index (χ0n) is 9.31. The van der Waals surface area contributed by atoms with E-state index in [0.29, 0.717) is 18.0 Å². The van der Waals surface area contributed by atoms with Gasteiger partial charge in [-0.05, 0) is 18.6 Å². The lowest BCUT2D eigenvalue weighted by atomic mass is 10.4. The Balaban J connectivity index is 2.23. The van der Waals surface area contributed by atoms with Crippen molar-refractivity contribution in [3.63, 3.8) is 0 Å². The number of rotatable bonds is 6. The lowest BCUT2D eigenvalue weighted by Gasteiger charge is -2.03. The molecule has 0 aliphatic heterocycles. The van der Waals surface area contributed by atoms with Crippen molar-refractivity contribution in [2.45, 2.75) is 24.8 Å². The summed E-state index contributed by atoms with van der Waals surface area (Å²) in [6.07, 6.45) is 3.52. The van der Waals surface area contributed by atoms with E-state index in [9.17, 15) is 4.79 Å². The van der Waals surface area contributed by atoms with Gasteiger partial charge in [0, 0.05) is 0 Å². The van der Waals surface area contributed by atoms with E-state index in [1.165, 1.54) is 11.8 Å². The highest BCUT2D eigenvalue weighted by Gasteiger charge is 2.04. The number of nitrogen functional groups attached to an aromatic ring is 1. The lowest BCUT2D eigenvalue weighted by Crippen LogP contribution is -2.08. The number of esters is 1. The van der Waals surface area contributed by atoms with Crippen LogP contribution in [0.2, 0.25) is 0 Å². The van der Waals surface area contributed by atoms with Crippen LogP contribution in [0.1, 0.15) is 19.8 Å². The number of hydrogen-bond donors (Lipinski definition) is 1. The summed E-state index contributed by atoms with van der Waals surface area (Å²) in [7, 11) is 0. The van der Waals surface area contributed by atoms with E-state index in [4.69, 9.17) is 10.5 Å². The summed E-state index contributed by atoms with van der Waals surface area (Å²) in [4.78, 5) is 15.3. The number of nitrogens with two attached hydrogens (primary N) is 1. The van der Waals surface area contributed by atoms with Crippen molar-refractivity contribution in [1.82, 2.24) is 4.98 Å². The molecule has 0 radical (unpaired) electrons. The maximum Gasteiger partial charge on any atom is 0.316 e. The molecule has 1 rings (SSSR count). The van der Waals surface area contributed by atoms with Gasteiger partial charge >= 0.3 is 5.97 Å². The molecule has 0 fully saturated rings. The third-order valence-electron chi connectivity index (χ3n) is 1.86. The number of carbonyl (C=O) groups excluding carboxylic acids is 1. The van der Waals surface area contributed by atoms with Crippen LogP contribution in [0.25, 0.3) is 0 Å². The van der Waals surface area contributed by atoms with Gasteiger partial charge in [0.2, 0.25) is 0 Å². The topological polar surface area (TPSA) is 65.2 Å². The zero-order valence-corrected chi connectivity index (χ0v) is 10.1. The van der Waals surface area contributed by atoms with E-state index < -0.39 is 0 Å². The molecule has 4 nitrogen and oxygen atoms in total. The number of pyridine rings is 1. The first-order valence-electron chi connectivity index (χ1n) is 5.22. The third-order valence-corrected chi connectivity index (χ3v) is 2.78. The van der Waals surface area contributed by atoms with Crippen LogP contribution in [0.4, 0.5) is 5.69 Å². The summed E-state index contributed by atoms with van der Waals surface area (Å²) in [6.45, 7) is 2.56. The Morgan fingerprint density at radius 2 is 2.38 bits per heavy atom. The molecule has 5 heteroatoms. The van der Waals surface area contributed by atoms with Crippen molar-refractivity contribution >= 4 is 23.4 Å². The summed E-state index contributed by atoms with van der Waals surface area (Å²) >= 11 is 1.35. The first kappa shape index (κ1) is 12.8. The molecule has 16 heavy (non-hydrogen) atoms. The molecule has 0 saturated heterocycles. The molecule has 1 aromatic rings. The molecule has 0 unspecified atom stereocenters. The Morgan fingerprint density at radius 3 is 3.00 bits per heavy atom. The minimum absolute atomic E-state index is 0.197. The first-order chi connectivity index (χ1) is 7.72. The van der Waals surface area contributed by atoms with Gasteiger partial charge in [-0.25, -0.2) is 4.98 Å². The van der Waals surface area contributed by atoms with Crippen LogP contribution < -0.4 is 5.73 Å². The van der Waals surface area contributed by atoms with Gasteiger partial charge in [-0.15, -0.1) is 0 Å². The molecule has 0 aliphatic rings. The van der Waals surface area contributed by atoms with Gasteiger partial charge < -0.3 is 10.5 Å². The standard InChI is InChI=1S/C11H16N2O2S/c1-2-3-6-15-11(14)8-16-10-5-4-9(12)7-13-10/h4-5,7H,2-3,6,8,12H2,1H3. The number of ether oxygens (including phenoxy) is 1. The second-order valence-corrected chi connectivity index (χ2v) is 4.29. The highest BCUT2D eigenvalue weighted by atomic mass is 32.2. The van der Waals surface area contributed by atoms with Crippen LogP contribution in [-0.2, 0) is 9.53 Å². The molecular weight excluding hydrogens is 224 g/mol. The maximum atomic E-state index is 11.3. The van der Waals surface area contributed by atoms with Crippen molar-refractivity contribution in [2.75, 3.05) is 18.1 Å². The van der Waals surface area contributed by atoms with Gasteiger partial charge in [0.15, 0.2) is 0 Å². The number of nitrogens with zero attached hydrogens (tertiary/aromatic N) is 1. The fraction of sp³-hybridized carbons (Fsp3) is 0.455. The van der Waals surface area contributed by atoms with E-state index in [0.717, 1.165) is 17.9 Å². The van der Waals surface area contributed by atoms with Crippen LogP contribution in [0, 0.1) is 0 Å². The quantitative estimate of drug-likeness (QED) is 0.468. The summed E-state index contributed by atoms with van der Waals surface area (Å²) in [5.74, 6) is 0.0951. The number of anilines is 1. The number of hydrogen-bond acceptors (Lipinski definition) is 5. The third kappa shape index (κ3) is 5.02. The molecule has 0 spiro atoms. The molecular formula is C11H16N2O2S. The van der Waals surface area contributed by atoms with E-state index >= 15 is 0 Å². The van der Waals surface area contributed by atoms with Gasteiger partial charge in [0.05, 0.1) is 29.3 Å². The normalized spacial score (nSPS) is 10.1. The van der Waals surface area contributed by atoms with Gasteiger partial charge in [0.1, 0.15) is 0 Å². The Kier molecular flexibility index (Phi) is 5.71. The summed E-state index contributed by atoms with van der Waals surface area (Å²) < 4.78 is 5.02. The Labute approximate surface area is 99.6 Å². The van der Waals surface area contributed by atoms with Crippen molar-refractivity contribution in [2.24, 2.45) is 0 Å². The molecule has 1 heterocycles. The number of thioether (sulfide) groups is 1. The largest absolute Gasteiger partial charge is 0.465 e. The van der Waals surface area contributed by atoms with Crippen LogP contribution >= 0.6 is 11.8 Å². The highest BCUT2D eigenvalue weighted by Crippen LogP contribution is 2.15. The molecule has 0 atom stereocenters. The van der Waals surface area contributed by atoms with Crippen LogP contribution in [-0.4, -0.2) is 23.3 Å².